The van der Waals surface area contributed by atoms with Crippen LogP contribution in [0.5, 0.6) is 0 Å². The summed E-state index contributed by atoms with van der Waals surface area (Å²) < 4.78 is 34.9. The Labute approximate surface area is 190 Å². The van der Waals surface area contributed by atoms with Crippen molar-refractivity contribution in [1.82, 2.24) is 8.54 Å². The number of aryl methyl sites for hydroxylation is 1. The van der Waals surface area contributed by atoms with Crippen molar-refractivity contribution in [3.8, 4) is 0 Å². The van der Waals surface area contributed by atoms with Crippen LogP contribution < -0.4 is 0 Å². The second-order valence-electron chi connectivity index (χ2n) is 7.46. The van der Waals surface area contributed by atoms with Crippen LogP contribution in [0.1, 0.15) is 30.3 Å². The maximum Gasteiger partial charge on any atom is 0.305 e. The molecule has 0 saturated carbocycles. The number of hydrogen-bond donors (Lipinski definition) is 0. The standard InChI is InChI=1S/C23H21ClN2O5S/c1-15(27)25-11-10-16-14-20(7-9-21(16)25)32(29,30)26-19(4-3-5-23(28)31-2)13-17-12-18(24)6-8-22(17)26/h6-14H,3-5H2,1-2H3. The van der Waals surface area contributed by atoms with Gasteiger partial charge < -0.3 is 4.74 Å². The third kappa shape index (κ3) is 3.91. The fourth-order valence-corrected chi connectivity index (χ4v) is 5.64. The Bertz CT molecular complexity index is 1470. The van der Waals surface area contributed by atoms with Crippen molar-refractivity contribution < 1.29 is 22.7 Å². The first kappa shape index (κ1) is 22.1. The number of methoxy groups -OCH3 is 1. The minimum absolute atomic E-state index is 0.105. The first-order valence-corrected chi connectivity index (χ1v) is 11.8. The molecule has 2 heterocycles. The molecule has 0 radical (unpaired) electrons. The molecule has 0 unspecified atom stereocenters. The Kier molecular flexibility index (Phi) is 5.83. The summed E-state index contributed by atoms with van der Waals surface area (Å²) in [5.41, 5.74) is 1.69. The Morgan fingerprint density at radius 3 is 2.47 bits per heavy atom. The molecule has 9 heteroatoms. The van der Waals surface area contributed by atoms with Crippen LogP contribution in [0.3, 0.4) is 0 Å². The van der Waals surface area contributed by atoms with E-state index in [4.69, 9.17) is 11.6 Å². The first-order valence-electron chi connectivity index (χ1n) is 9.96. The number of esters is 1. The van der Waals surface area contributed by atoms with Crippen molar-refractivity contribution in [2.75, 3.05) is 7.11 Å². The summed E-state index contributed by atoms with van der Waals surface area (Å²) in [6, 6.07) is 13.2. The molecule has 7 nitrogen and oxygen atoms in total. The van der Waals surface area contributed by atoms with Gasteiger partial charge in [0.25, 0.3) is 10.0 Å². The predicted octanol–water partition coefficient (Wildman–Crippen LogP) is 4.64. The lowest BCUT2D eigenvalue weighted by molar-refractivity contribution is -0.140. The van der Waals surface area contributed by atoms with Crippen molar-refractivity contribution in [2.24, 2.45) is 0 Å². The number of fused-ring (bicyclic) bond motifs is 2. The molecule has 0 spiro atoms. The average molecular weight is 473 g/mol. The molecule has 4 aromatic rings. The minimum atomic E-state index is -3.96. The molecule has 0 amide bonds. The number of benzene rings is 2. The van der Waals surface area contributed by atoms with Crippen molar-refractivity contribution in [2.45, 2.75) is 31.1 Å². The van der Waals surface area contributed by atoms with E-state index in [-0.39, 0.29) is 23.2 Å². The number of nitrogens with zero attached hydrogens (tertiary/aromatic N) is 2. The number of rotatable bonds is 6. The van der Waals surface area contributed by atoms with E-state index in [0.717, 1.165) is 0 Å². The number of carbonyl (C=O) groups excluding carboxylic acids is 2. The molecule has 0 fully saturated rings. The molecule has 0 saturated heterocycles. The van der Waals surface area contributed by atoms with E-state index in [1.807, 2.05) is 0 Å². The van der Waals surface area contributed by atoms with Crippen LogP contribution >= 0.6 is 11.6 Å². The Morgan fingerprint density at radius 1 is 1.00 bits per heavy atom. The van der Waals surface area contributed by atoms with Crippen molar-refractivity contribution in [1.29, 1.82) is 0 Å². The summed E-state index contributed by atoms with van der Waals surface area (Å²) in [5.74, 6) is -0.504. The van der Waals surface area contributed by atoms with Gasteiger partial charge in [0.1, 0.15) is 0 Å². The maximum absolute atomic E-state index is 13.7. The fourth-order valence-electron chi connectivity index (χ4n) is 3.85. The average Bonchev–Trinajstić information content (AvgIpc) is 3.34. The highest BCUT2D eigenvalue weighted by atomic mass is 35.5. The molecular weight excluding hydrogens is 452 g/mol. The van der Waals surface area contributed by atoms with Gasteiger partial charge in [-0.05, 0) is 61.4 Å². The van der Waals surface area contributed by atoms with Gasteiger partial charge in [0.15, 0.2) is 0 Å². The summed E-state index contributed by atoms with van der Waals surface area (Å²) >= 11 is 6.12. The van der Waals surface area contributed by atoms with E-state index in [0.29, 0.717) is 45.4 Å². The molecule has 0 aliphatic carbocycles. The van der Waals surface area contributed by atoms with Gasteiger partial charge in [0.05, 0.1) is 23.0 Å². The Hall–Kier alpha value is -3.10. The van der Waals surface area contributed by atoms with Crippen LogP contribution in [-0.4, -0.2) is 35.9 Å². The lowest BCUT2D eigenvalue weighted by Gasteiger charge is -2.13. The largest absolute Gasteiger partial charge is 0.469 e. The lowest BCUT2D eigenvalue weighted by atomic mass is 10.2. The van der Waals surface area contributed by atoms with E-state index < -0.39 is 10.0 Å². The molecule has 0 aliphatic heterocycles. The van der Waals surface area contributed by atoms with E-state index in [1.165, 1.54) is 28.6 Å². The number of aromatic nitrogens is 2. The molecule has 2 aromatic carbocycles. The maximum atomic E-state index is 13.7. The Morgan fingerprint density at radius 2 is 1.75 bits per heavy atom. The zero-order valence-corrected chi connectivity index (χ0v) is 19.1. The van der Waals surface area contributed by atoms with Crippen LogP contribution in [0, 0.1) is 0 Å². The second-order valence-corrected chi connectivity index (χ2v) is 9.69. The molecule has 2 aromatic heterocycles. The van der Waals surface area contributed by atoms with Crippen molar-refractivity contribution in [3.05, 3.63) is 65.4 Å². The summed E-state index contributed by atoms with van der Waals surface area (Å²) in [5, 5.41) is 1.84. The topological polar surface area (TPSA) is 87.4 Å². The quantitative estimate of drug-likeness (QED) is 0.381. The van der Waals surface area contributed by atoms with Gasteiger partial charge in [-0.15, -0.1) is 0 Å². The third-order valence-electron chi connectivity index (χ3n) is 5.37. The van der Waals surface area contributed by atoms with E-state index in [9.17, 15) is 18.0 Å². The van der Waals surface area contributed by atoms with Gasteiger partial charge in [-0.1, -0.05) is 11.6 Å². The number of carbonyl (C=O) groups is 2. The van der Waals surface area contributed by atoms with Gasteiger partial charge in [-0.25, -0.2) is 12.4 Å². The van der Waals surface area contributed by atoms with E-state index >= 15 is 0 Å². The second kappa shape index (κ2) is 8.44. The van der Waals surface area contributed by atoms with E-state index in [2.05, 4.69) is 4.74 Å². The Balaban J connectivity index is 1.83. The summed E-state index contributed by atoms with van der Waals surface area (Å²) in [4.78, 5) is 23.4. The monoisotopic (exact) mass is 472 g/mol. The third-order valence-corrected chi connectivity index (χ3v) is 7.37. The molecule has 0 N–H and O–H groups in total. The highest BCUT2D eigenvalue weighted by molar-refractivity contribution is 7.90. The first-order chi connectivity index (χ1) is 15.2. The smallest absolute Gasteiger partial charge is 0.305 e. The molecule has 4 rings (SSSR count). The highest BCUT2D eigenvalue weighted by Crippen LogP contribution is 2.30. The molecular formula is C23H21ClN2O5S. The van der Waals surface area contributed by atoms with Gasteiger partial charge in [0, 0.05) is 41.0 Å². The zero-order chi connectivity index (χ0) is 23.0. The highest BCUT2D eigenvalue weighted by Gasteiger charge is 2.24. The summed E-state index contributed by atoms with van der Waals surface area (Å²) in [6.07, 6.45) is 2.61. The predicted molar refractivity (Wildman–Crippen MR) is 123 cm³/mol. The summed E-state index contributed by atoms with van der Waals surface area (Å²) in [6.45, 7) is 1.45. The number of hydrogen-bond acceptors (Lipinski definition) is 5. The molecule has 32 heavy (non-hydrogen) atoms. The van der Waals surface area contributed by atoms with Crippen molar-refractivity contribution >= 4 is 55.3 Å². The van der Waals surface area contributed by atoms with E-state index in [1.54, 1.807) is 48.7 Å². The van der Waals surface area contributed by atoms with Crippen LogP contribution in [-0.2, 0) is 26.0 Å². The van der Waals surface area contributed by atoms with Gasteiger partial charge in [-0.3, -0.25) is 14.2 Å². The number of ether oxygens (including phenoxy) is 1. The van der Waals surface area contributed by atoms with Crippen LogP contribution in [0.2, 0.25) is 5.02 Å². The van der Waals surface area contributed by atoms with Crippen LogP contribution in [0.4, 0.5) is 0 Å². The molecule has 166 valence electrons. The zero-order valence-electron chi connectivity index (χ0n) is 17.5. The fraction of sp³-hybridized carbons (Fsp3) is 0.217. The number of halogens is 1. The molecule has 0 bridgehead atoms. The normalized spacial score (nSPS) is 11.8. The van der Waals surface area contributed by atoms with Crippen molar-refractivity contribution in [3.63, 3.8) is 0 Å². The van der Waals surface area contributed by atoms with Crippen LogP contribution in [0.15, 0.2) is 59.6 Å². The summed E-state index contributed by atoms with van der Waals surface area (Å²) in [7, 11) is -2.64. The van der Waals surface area contributed by atoms with Gasteiger partial charge in [0.2, 0.25) is 5.91 Å². The van der Waals surface area contributed by atoms with Gasteiger partial charge >= 0.3 is 5.97 Å². The van der Waals surface area contributed by atoms with Gasteiger partial charge in [-0.2, -0.15) is 0 Å². The molecule has 0 atom stereocenters. The SMILES string of the molecule is COC(=O)CCCc1cc2cc(Cl)ccc2n1S(=O)(=O)c1ccc2c(ccn2C(C)=O)c1. The molecule has 0 aliphatic rings. The minimum Gasteiger partial charge on any atom is -0.469 e. The van der Waals surface area contributed by atoms with Crippen LogP contribution in [0.25, 0.3) is 21.8 Å². The lowest BCUT2D eigenvalue weighted by Crippen LogP contribution is -2.16.